The van der Waals surface area contributed by atoms with E-state index < -0.39 is 28.8 Å². The van der Waals surface area contributed by atoms with Crippen molar-refractivity contribution in [3.63, 3.8) is 0 Å². The van der Waals surface area contributed by atoms with Gasteiger partial charge in [0.15, 0.2) is 0 Å². The largest absolute Gasteiger partial charge is 0.392 e. The highest BCUT2D eigenvalue weighted by Crippen LogP contribution is 2.30. The summed E-state index contributed by atoms with van der Waals surface area (Å²) in [4.78, 5) is 8.13. The third-order valence-electron chi connectivity index (χ3n) is 3.83. The van der Waals surface area contributed by atoms with Gasteiger partial charge < -0.3 is 25.6 Å². The second-order valence-electron chi connectivity index (χ2n) is 6.11. The van der Waals surface area contributed by atoms with Gasteiger partial charge in [-0.3, -0.25) is 0 Å². The summed E-state index contributed by atoms with van der Waals surface area (Å²) in [6.07, 6.45) is 0.793. The number of rotatable bonds is 9. The molecular formula is C16H21BrClN5O5S. The number of aromatic nitrogens is 2. The average Bonchev–Trinajstić information content (AvgIpc) is 2.62. The van der Waals surface area contributed by atoms with Crippen LogP contribution in [0.15, 0.2) is 27.7 Å². The first kappa shape index (κ1) is 23.7. The number of primary sulfonamides is 1. The van der Waals surface area contributed by atoms with Crippen LogP contribution in [0, 0.1) is 0 Å². The molecule has 6 N–H and O–H groups in total. The van der Waals surface area contributed by atoms with E-state index in [1.165, 1.54) is 25.4 Å². The van der Waals surface area contributed by atoms with Crippen LogP contribution in [0.4, 0.5) is 17.5 Å². The molecule has 160 valence electrons. The monoisotopic (exact) mass is 509 g/mol. The first-order chi connectivity index (χ1) is 13.6. The second-order valence-corrected chi connectivity index (χ2v) is 8.87. The van der Waals surface area contributed by atoms with Crippen molar-refractivity contribution in [2.24, 2.45) is 5.14 Å². The molecule has 0 radical (unpaired) electrons. The van der Waals surface area contributed by atoms with E-state index in [0.29, 0.717) is 16.0 Å². The lowest BCUT2D eigenvalue weighted by Crippen LogP contribution is -2.36. The van der Waals surface area contributed by atoms with E-state index in [1.807, 2.05) is 0 Å². The van der Waals surface area contributed by atoms with Crippen molar-refractivity contribution < 1.29 is 23.4 Å². The summed E-state index contributed by atoms with van der Waals surface area (Å²) in [5.41, 5.74) is 0.385. The summed E-state index contributed by atoms with van der Waals surface area (Å²) in [6.45, 7) is 1.29. The van der Waals surface area contributed by atoms with Crippen LogP contribution in [0.2, 0.25) is 5.02 Å². The lowest BCUT2D eigenvalue weighted by molar-refractivity contribution is 0.106. The molecule has 0 aliphatic rings. The molecule has 2 aromatic rings. The first-order valence-corrected chi connectivity index (χ1v) is 11.0. The molecule has 0 fully saturated rings. The van der Waals surface area contributed by atoms with Gasteiger partial charge in [-0.15, -0.1) is 0 Å². The second kappa shape index (κ2) is 9.98. The lowest BCUT2D eigenvalue weighted by atomic mass is 10.2. The Morgan fingerprint density at radius 1 is 1.41 bits per heavy atom. The average molecular weight is 511 g/mol. The Bertz CT molecular complexity index is 976. The molecule has 1 heterocycles. The summed E-state index contributed by atoms with van der Waals surface area (Å²) in [5, 5.41) is 30.3. The Morgan fingerprint density at radius 3 is 2.66 bits per heavy atom. The van der Waals surface area contributed by atoms with Gasteiger partial charge in [-0.2, -0.15) is 4.98 Å². The van der Waals surface area contributed by atoms with Crippen molar-refractivity contribution in [2.75, 3.05) is 24.4 Å². The van der Waals surface area contributed by atoms with E-state index in [0.717, 1.165) is 0 Å². The zero-order chi connectivity index (χ0) is 21.8. The molecule has 0 bridgehead atoms. The van der Waals surface area contributed by atoms with Crippen LogP contribution in [-0.2, 0) is 21.4 Å². The highest BCUT2D eigenvalue weighted by molar-refractivity contribution is 9.10. The number of nitrogens with two attached hydrogens (primary N) is 1. The third kappa shape index (κ3) is 6.22. The molecular weight excluding hydrogens is 490 g/mol. The number of hydrogen-bond donors (Lipinski definition) is 5. The fraction of sp³-hybridized carbons (Fsp3) is 0.375. The van der Waals surface area contributed by atoms with Crippen LogP contribution >= 0.6 is 27.5 Å². The van der Waals surface area contributed by atoms with Crippen LogP contribution in [0.25, 0.3) is 0 Å². The van der Waals surface area contributed by atoms with Gasteiger partial charge >= 0.3 is 0 Å². The molecule has 0 aliphatic carbocycles. The SMILES string of the molecule is COC[C@@H](Nc1nc(Nc2cc(Cl)c(S(N)(=O)=O)c(CO)c2)ncc1Br)[C@@H](C)O. The van der Waals surface area contributed by atoms with Gasteiger partial charge in [-0.1, -0.05) is 11.6 Å². The van der Waals surface area contributed by atoms with Crippen LogP contribution in [0.1, 0.15) is 12.5 Å². The predicted octanol–water partition coefficient (Wildman–Crippen LogP) is 1.58. The van der Waals surface area contributed by atoms with Gasteiger partial charge in [-0.05, 0) is 35.0 Å². The Hall–Kier alpha value is -1.54. The summed E-state index contributed by atoms with van der Waals surface area (Å²) in [6, 6.07) is 2.30. The zero-order valence-corrected chi connectivity index (χ0v) is 18.7. The van der Waals surface area contributed by atoms with E-state index in [1.54, 1.807) is 6.92 Å². The number of nitrogens with one attached hydrogen (secondary N) is 2. The standard InChI is InChI=1S/C16H21BrClN5O5S/c1-8(25)13(7-28-2)22-15-11(17)5-20-16(23-15)21-10-3-9(6-24)14(12(18)4-10)29(19,26)27/h3-5,8,13,24-25H,6-7H2,1-2H3,(H2,19,26,27)(H2,20,21,22,23)/t8-,13-/m1/s1. The van der Waals surface area contributed by atoms with Crippen molar-refractivity contribution in [1.29, 1.82) is 0 Å². The first-order valence-electron chi connectivity index (χ1n) is 8.26. The molecule has 1 aromatic heterocycles. The molecule has 2 rings (SSSR count). The Morgan fingerprint density at radius 2 is 2.10 bits per heavy atom. The Labute approximate surface area is 181 Å². The molecule has 0 amide bonds. The quantitative estimate of drug-likeness (QED) is 0.337. The summed E-state index contributed by atoms with van der Waals surface area (Å²) in [7, 11) is -2.59. The van der Waals surface area contributed by atoms with Gasteiger partial charge in [0.2, 0.25) is 16.0 Å². The van der Waals surface area contributed by atoms with Crippen LogP contribution in [0.5, 0.6) is 0 Å². The molecule has 0 unspecified atom stereocenters. The Kier molecular flexibility index (Phi) is 8.17. The Balaban J connectivity index is 2.34. The zero-order valence-electron chi connectivity index (χ0n) is 15.6. The minimum absolute atomic E-state index is 0.0345. The van der Waals surface area contributed by atoms with Gasteiger partial charge in [0.25, 0.3) is 0 Å². The number of ether oxygens (including phenoxy) is 1. The molecule has 0 saturated carbocycles. The van der Waals surface area contributed by atoms with Crippen LogP contribution in [0.3, 0.4) is 0 Å². The molecule has 13 heteroatoms. The number of aliphatic hydroxyl groups is 2. The van der Waals surface area contributed by atoms with Gasteiger partial charge in [0.1, 0.15) is 10.7 Å². The van der Waals surface area contributed by atoms with Crippen molar-refractivity contribution in [1.82, 2.24) is 9.97 Å². The summed E-state index contributed by atoms with van der Waals surface area (Å²) in [5.74, 6) is 0.570. The number of aliphatic hydroxyl groups excluding tert-OH is 2. The minimum Gasteiger partial charge on any atom is -0.392 e. The lowest BCUT2D eigenvalue weighted by Gasteiger charge is -2.22. The highest BCUT2D eigenvalue weighted by atomic mass is 79.9. The topological polar surface area (TPSA) is 160 Å². The third-order valence-corrected chi connectivity index (χ3v) is 5.87. The molecule has 10 nitrogen and oxygen atoms in total. The molecule has 2 atom stereocenters. The number of benzene rings is 1. The number of anilines is 3. The van der Waals surface area contributed by atoms with E-state index in [2.05, 4.69) is 36.5 Å². The maximum absolute atomic E-state index is 11.7. The van der Waals surface area contributed by atoms with Gasteiger partial charge in [0.05, 0.1) is 34.9 Å². The molecule has 29 heavy (non-hydrogen) atoms. The predicted molar refractivity (Wildman–Crippen MR) is 113 cm³/mol. The van der Waals surface area contributed by atoms with Crippen molar-refractivity contribution in [3.8, 4) is 0 Å². The van der Waals surface area contributed by atoms with E-state index in [9.17, 15) is 18.6 Å². The number of nitrogens with zero attached hydrogens (tertiary/aromatic N) is 2. The smallest absolute Gasteiger partial charge is 0.239 e. The van der Waals surface area contributed by atoms with Gasteiger partial charge in [-0.25, -0.2) is 18.5 Å². The van der Waals surface area contributed by atoms with E-state index >= 15 is 0 Å². The molecule has 1 aromatic carbocycles. The number of halogens is 2. The summed E-state index contributed by atoms with van der Waals surface area (Å²) >= 11 is 9.38. The van der Waals surface area contributed by atoms with E-state index in [-0.39, 0.29) is 28.0 Å². The number of sulfonamides is 1. The van der Waals surface area contributed by atoms with Crippen molar-refractivity contribution >= 4 is 55.0 Å². The number of hydrogen-bond acceptors (Lipinski definition) is 9. The maximum Gasteiger partial charge on any atom is 0.239 e. The minimum atomic E-state index is -4.11. The van der Waals surface area contributed by atoms with Crippen molar-refractivity contribution in [3.05, 3.63) is 33.4 Å². The van der Waals surface area contributed by atoms with Crippen LogP contribution < -0.4 is 15.8 Å². The molecule has 0 aliphatic heterocycles. The maximum atomic E-state index is 11.7. The highest BCUT2D eigenvalue weighted by Gasteiger charge is 2.20. The van der Waals surface area contributed by atoms with Crippen LogP contribution in [-0.4, -0.2) is 54.5 Å². The normalized spacial score (nSPS) is 13.8. The number of methoxy groups -OCH3 is 1. The fourth-order valence-electron chi connectivity index (χ4n) is 2.47. The van der Waals surface area contributed by atoms with E-state index in [4.69, 9.17) is 21.5 Å². The molecule has 0 spiro atoms. The fourth-order valence-corrected chi connectivity index (χ4v) is 4.16. The summed E-state index contributed by atoms with van der Waals surface area (Å²) < 4.78 is 29.0. The van der Waals surface area contributed by atoms with Crippen molar-refractivity contribution in [2.45, 2.75) is 30.6 Å². The van der Waals surface area contributed by atoms with Gasteiger partial charge in [0, 0.05) is 24.6 Å². The molecule has 0 saturated heterocycles.